The summed E-state index contributed by atoms with van der Waals surface area (Å²) in [7, 11) is 0. The van der Waals surface area contributed by atoms with Crippen LogP contribution < -0.4 is 5.32 Å². The van der Waals surface area contributed by atoms with Crippen molar-refractivity contribution in [1.82, 2.24) is 15.1 Å². The fourth-order valence-corrected chi connectivity index (χ4v) is 5.51. The average molecular weight is 400 g/mol. The van der Waals surface area contributed by atoms with E-state index in [-0.39, 0.29) is 23.3 Å². The first kappa shape index (κ1) is 19.4. The lowest BCUT2D eigenvalue weighted by Gasteiger charge is -2.47. The van der Waals surface area contributed by atoms with Gasteiger partial charge in [-0.05, 0) is 28.9 Å². The van der Waals surface area contributed by atoms with Crippen LogP contribution in [0.5, 0.6) is 0 Å². The number of nitrogens with zero attached hydrogens (tertiary/aromatic N) is 2. The van der Waals surface area contributed by atoms with E-state index in [9.17, 15) is 9.59 Å². The van der Waals surface area contributed by atoms with Gasteiger partial charge in [-0.25, -0.2) is 0 Å². The average Bonchev–Trinajstić information content (AvgIpc) is 3.01. The van der Waals surface area contributed by atoms with Crippen LogP contribution in [0.15, 0.2) is 24.3 Å². The molecule has 2 aliphatic rings. The number of carbonyl (C=O) groups excluding carboxylic acids is 2. The Balaban J connectivity index is 1.54. The molecular weight excluding hydrogens is 370 g/mol. The monoisotopic (exact) mass is 399 g/mol. The number of piperazine rings is 2. The molecule has 0 aliphatic carbocycles. The molecule has 1 aromatic heterocycles. The second-order valence-corrected chi connectivity index (χ2v) is 10.1. The highest BCUT2D eigenvalue weighted by Crippen LogP contribution is 2.33. The predicted octanol–water partition coefficient (Wildman–Crippen LogP) is 3.02. The number of benzene rings is 1. The summed E-state index contributed by atoms with van der Waals surface area (Å²) in [6, 6.07) is 7.74. The van der Waals surface area contributed by atoms with Crippen LogP contribution in [0.2, 0.25) is 0 Å². The van der Waals surface area contributed by atoms with Gasteiger partial charge in [0.15, 0.2) is 0 Å². The van der Waals surface area contributed by atoms with Crippen LogP contribution in [0.4, 0.5) is 0 Å². The summed E-state index contributed by atoms with van der Waals surface area (Å²) in [4.78, 5) is 31.3. The molecule has 0 bridgehead atoms. The van der Waals surface area contributed by atoms with Crippen molar-refractivity contribution in [1.29, 1.82) is 0 Å². The standard InChI is InChI=1S/C22H29N3O2S/c1-5-17-15(14-8-6-7-9-18(14)28-17)12-24-10-11-25-16(13-24)20(26)23-19(21(25)27)22(2,3)4/h6-9,16,19H,5,10-13H2,1-4H3,(H,23,26). The third kappa shape index (κ3) is 3.33. The maximum absolute atomic E-state index is 12.9. The normalized spacial score (nSPS) is 23.8. The molecule has 2 unspecified atom stereocenters. The number of thiophene rings is 1. The Labute approximate surface area is 170 Å². The number of amides is 2. The fourth-order valence-electron chi connectivity index (χ4n) is 4.36. The first-order valence-electron chi connectivity index (χ1n) is 10.1. The Morgan fingerprint density at radius 1 is 1.18 bits per heavy atom. The fraction of sp³-hybridized carbons (Fsp3) is 0.545. The molecule has 2 fully saturated rings. The van der Waals surface area contributed by atoms with Crippen molar-refractivity contribution in [2.45, 2.75) is 52.7 Å². The van der Waals surface area contributed by atoms with Crippen molar-refractivity contribution in [3.63, 3.8) is 0 Å². The molecule has 4 rings (SSSR count). The molecule has 0 spiro atoms. The van der Waals surface area contributed by atoms with Crippen molar-refractivity contribution < 1.29 is 9.59 Å². The molecular formula is C22H29N3O2S. The van der Waals surface area contributed by atoms with Gasteiger partial charge in [0, 0.05) is 35.8 Å². The van der Waals surface area contributed by atoms with Crippen molar-refractivity contribution in [3.05, 3.63) is 34.7 Å². The van der Waals surface area contributed by atoms with Crippen LogP contribution in [-0.2, 0) is 22.6 Å². The first-order chi connectivity index (χ1) is 13.3. The van der Waals surface area contributed by atoms with E-state index >= 15 is 0 Å². The van der Waals surface area contributed by atoms with Gasteiger partial charge < -0.3 is 10.2 Å². The van der Waals surface area contributed by atoms with Crippen LogP contribution >= 0.6 is 11.3 Å². The van der Waals surface area contributed by atoms with E-state index in [0.717, 1.165) is 19.5 Å². The van der Waals surface area contributed by atoms with E-state index in [1.165, 1.54) is 20.5 Å². The van der Waals surface area contributed by atoms with Crippen molar-refractivity contribution in [2.24, 2.45) is 5.41 Å². The van der Waals surface area contributed by atoms with Crippen molar-refractivity contribution >= 4 is 33.2 Å². The lowest BCUT2D eigenvalue weighted by atomic mass is 9.83. The third-order valence-electron chi connectivity index (χ3n) is 5.93. The molecule has 150 valence electrons. The number of carbonyl (C=O) groups is 2. The van der Waals surface area contributed by atoms with Gasteiger partial charge in [0.1, 0.15) is 12.1 Å². The molecule has 28 heavy (non-hydrogen) atoms. The van der Waals surface area contributed by atoms with Gasteiger partial charge in [-0.3, -0.25) is 14.5 Å². The van der Waals surface area contributed by atoms with E-state index in [2.05, 4.69) is 41.4 Å². The van der Waals surface area contributed by atoms with Crippen LogP contribution in [0, 0.1) is 5.41 Å². The highest BCUT2D eigenvalue weighted by Gasteiger charge is 2.47. The smallest absolute Gasteiger partial charge is 0.246 e. The topological polar surface area (TPSA) is 52.6 Å². The summed E-state index contributed by atoms with van der Waals surface area (Å²) in [6.07, 6.45) is 1.02. The van der Waals surface area contributed by atoms with Gasteiger partial charge in [0.25, 0.3) is 0 Å². The molecule has 2 amide bonds. The number of aryl methyl sites for hydroxylation is 1. The third-order valence-corrected chi connectivity index (χ3v) is 7.29. The van der Waals surface area contributed by atoms with Gasteiger partial charge in [-0.15, -0.1) is 11.3 Å². The molecule has 5 nitrogen and oxygen atoms in total. The maximum Gasteiger partial charge on any atom is 0.246 e. The molecule has 3 heterocycles. The van der Waals surface area contributed by atoms with Gasteiger partial charge in [-0.1, -0.05) is 45.9 Å². The SMILES string of the molecule is CCc1sc2ccccc2c1CN1CCN2C(=O)C(C(C)(C)C)NC(=O)C2C1. The van der Waals surface area contributed by atoms with E-state index in [1.807, 2.05) is 32.1 Å². The number of hydrogen-bond donors (Lipinski definition) is 1. The minimum Gasteiger partial charge on any atom is -0.342 e. The Bertz CT molecular complexity index is 914. The Hall–Kier alpha value is -1.92. The molecule has 0 saturated carbocycles. The summed E-state index contributed by atoms with van der Waals surface area (Å²) in [5, 5.41) is 4.31. The number of hydrogen-bond acceptors (Lipinski definition) is 4. The summed E-state index contributed by atoms with van der Waals surface area (Å²) >= 11 is 1.87. The zero-order valence-corrected chi connectivity index (χ0v) is 17.9. The molecule has 2 aliphatic heterocycles. The minimum atomic E-state index is -0.435. The van der Waals surface area contributed by atoms with E-state index in [1.54, 1.807) is 4.90 Å². The molecule has 1 aromatic carbocycles. The van der Waals surface area contributed by atoms with Gasteiger partial charge in [0.05, 0.1) is 0 Å². The van der Waals surface area contributed by atoms with Crippen molar-refractivity contribution in [3.8, 4) is 0 Å². The Morgan fingerprint density at radius 3 is 2.64 bits per heavy atom. The van der Waals surface area contributed by atoms with Crippen LogP contribution in [0.25, 0.3) is 10.1 Å². The van der Waals surface area contributed by atoms with Crippen LogP contribution in [0.3, 0.4) is 0 Å². The highest BCUT2D eigenvalue weighted by atomic mass is 32.1. The van der Waals surface area contributed by atoms with E-state index in [0.29, 0.717) is 13.1 Å². The van der Waals surface area contributed by atoms with E-state index < -0.39 is 6.04 Å². The number of nitrogens with one attached hydrogen (secondary N) is 1. The lowest BCUT2D eigenvalue weighted by molar-refractivity contribution is -0.156. The first-order valence-corrected chi connectivity index (χ1v) is 10.9. The van der Waals surface area contributed by atoms with Crippen LogP contribution in [0.1, 0.15) is 38.1 Å². The molecule has 6 heteroatoms. The largest absolute Gasteiger partial charge is 0.342 e. The summed E-state index contributed by atoms with van der Waals surface area (Å²) in [6.45, 7) is 11.1. The Morgan fingerprint density at radius 2 is 1.93 bits per heavy atom. The zero-order chi connectivity index (χ0) is 20.1. The maximum atomic E-state index is 12.9. The number of rotatable bonds is 3. The summed E-state index contributed by atoms with van der Waals surface area (Å²) in [5.74, 6) is 0.0436. The predicted molar refractivity (Wildman–Crippen MR) is 113 cm³/mol. The summed E-state index contributed by atoms with van der Waals surface area (Å²) in [5.41, 5.74) is 1.10. The van der Waals surface area contributed by atoms with Gasteiger partial charge in [-0.2, -0.15) is 0 Å². The highest BCUT2D eigenvalue weighted by molar-refractivity contribution is 7.19. The second-order valence-electron chi connectivity index (χ2n) is 8.94. The van der Waals surface area contributed by atoms with Gasteiger partial charge in [0.2, 0.25) is 11.8 Å². The summed E-state index contributed by atoms with van der Waals surface area (Å²) < 4.78 is 1.33. The van der Waals surface area contributed by atoms with Crippen LogP contribution in [-0.4, -0.2) is 53.3 Å². The number of fused-ring (bicyclic) bond motifs is 2. The molecule has 2 saturated heterocycles. The molecule has 2 atom stereocenters. The molecule has 0 radical (unpaired) electrons. The minimum absolute atomic E-state index is 0.0184. The Kier molecular flexibility index (Phi) is 4.96. The zero-order valence-electron chi connectivity index (χ0n) is 17.1. The van der Waals surface area contributed by atoms with Gasteiger partial charge >= 0.3 is 0 Å². The second kappa shape index (κ2) is 7.16. The quantitative estimate of drug-likeness (QED) is 0.863. The van der Waals surface area contributed by atoms with E-state index in [4.69, 9.17) is 0 Å². The van der Waals surface area contributed by atoms with Crippen molar-refractivity contribution in [2.75, 3.05) is 19.6 Å². The molecule has 2 aromatic rings. The lowest BCUT2D eigenvalue weighted by Crippen LogP contribution is -2.71. The molecule has 1 N–H and O–H groups in total.